The minimum absolute atomic E-state index is 0.307. The van der Waals surface area contributed by atoms with E-state index >= 15 is 0 Å². The number of nitrogen functional groups attached to an aromatic ring is 1. The Bertz CT molecular complexity index is 270. The van der Waals surface area contributed by atoms with Crippen LogP contribution in [0.3, 0.4) is 0 Å². The Morgan fingerprint density at radius 3 is 2.58 bits per heavy atom. The Labute approximate surface area is 72.0 Å². The van der Waals surface area contributed by atoms with Crippen molar-refractivity contribution in [3.8, 4) is 0 Å². The van der Waals surface area contributed by atoms with Crippen molar-refractivity contribution in [1.82, 2.24) is 9.97 Å². The number of nitrogens with two attached hydrogens (primary N) is 2. The molecule has 0 amide bonds. The molecule has 0 unspecified atom stereocenters. The van der Waals surface area contributed by atoms with Crippen LogP contribution in [0.15, 0.2) is 6.07 Å². The van der Waals surface area contributed by atoms with E-state index in [9.17, 15) is 0 Å². The zero-order valence-electron chi connectivity index (χ0n) is 7.41. The molecule has 4 N–H and O–H groups in total. The number of hydrogen-bond acceptors (Lipinski definition) is 4. The molecule has 1 rings (SSSR count). The van der Waals surface area contributed by atoms with Crippen molar-refractivity contribution >= 4 is 5.95 Å². The van der Waals surface area contributed by atoms with E-state index in [1.54, 1.807) is 0 Å². The molecule has 1 aromatic rings. The first-order chi connectivity index (χ1) is 5.63. The molecule has 0 aliphatic carbocycles. The van der Waals surface area contributed by atoms with Crippen molar-refractivity contribution in [2.24, 2.45) is 5.73 Å². The van der Waals surface area contributed by atoms with Crippen LogP contribution in [0.4, 0.5) is 5.95 Å². The van der Waals surface area contributed by atoms with Gasteiger partial charge in [-0.2, -0.15) is 0 Å². The van der Waals surface area contributed by atoms with E-state index in [4.69, 9.17) is 11.5 Å². The maximum Gasteiger partial charge on any atom is 0.220 e. The molecule has 12 heavy (non-hydrogen) atoms. The lowest BCUT2D eigenvalue weighted by Crippen LogP contribution is -2.07. The van der Waals surface area contributed by atoms with Crippen LogP contribution in [0.1, 0.15) is 31.2 Å². The van der Waals surface area contributed by atoms with Crippen LogP contribution in [0.25, 0.3) is 0 Å². The van der Waals surface area contributed by atoms with Crippen LogP contribution in [0.2, 0.25) is 0 Å². The van der Waals surface area contributed by atoms with Gasteiger partial charge in [-0.1, -0.05) is 13.8 Å². The first-order valence-corrected chi connectivity index (χ1v) is 3.97. The maximum absolute atomic E-state index is 5.50. The molecule has 0 bridgehead atoms. The normalized spacial score (nSPS) is 10.7. The summed E-state index contributed by atoms with van der Waals surface area (Å²) < 4.78 is 0. The number of aromatic nitrogens is 2. The fraction of sp³-hybridized carbons (Fsp3) is 0.500. The summed E-state index contributed by atoms with van der Waals surface area (Å²) in [6.45, 7) is 4.52. The number of rotatable bonds is 2. The van der Waals surface area contributed by atoms with Crippen molar-refractivity contribution < 1.29 is 0 Å². The Morgan fingerprint density at radius 1 is 1.42 bits per heavy atom. The molecule has 0 saturated carbocycles. The largest absolute Gasteiger partial charge is 0.368 e. The van der Waals surface area contributed by atoms with Gasteiger partial charge < -0.3 is 11.5 Å². The van der Waals surface area contributed by atoms with Crippen LogP contribution < -0.4 is 11.5 Å². The van der Waals surface area contributed by atoms with Gasteiger partial charge in [0, 0.05) is 12.2 Å². The summed E-state index contributed by atoms with van der Waals surface area (Å²) in [7, 11) is 0. The minimum Gasteiger partial charge on any atom is -0.368 e. The Morgan fingerprint density at radius 2 is 2.08 bits per heavy atom. The third-order valence-corrected chi connectivity index (χ3v) is 1.62. The van der Waals surface area contributed by atoms with E-state index in [0.717, 1.165) is 11.4 Å². The van der Waals surface area contributed by atoms with Gasteiger partial charge in [0.05, 0.1) is 5.69 Å². The summed E-state index contributed by atoms with van der Waals surface area (Å²) in [4.78, 5) is 8.07. The average molecular weight is 166 g/mol. The smallest absolute Gasteiger partial charge is 0.220 e. The second-order valence-electron chi connectivity index (χ2n) is 3.00. The summed E-state index contributed by atoms with van der Waals surface area (Å²) in [5.41, 5.74) is 12.7. The van der Waals surface area contributed by atoms with Gasteiger partial charge in [-0.3, -0.25) is 0 Å². The molecule has 0 aromatic carbocycles. The maximum atomic E-state index is 5.50. The van der Waals surface area contributed by atoms with E-state index in [1.807, 2.05) is 6.07 Å². The van der Waals surface area contributed by atoms with Crippen molar-refractivity contribution in [2.45, 2.75) is 26.3 Å². The monoisotopic (exact) mass is 166 g/mol. The zero-order chi connectivity index (χ0) is 9.14. The molecule has 0 atom stereocenters. The van der Waals surface area contributed by atoms with E-state index in [-0.39, 0.29) is 0 Å². The lowest BCUT2D eigenvalue weighted by molar-refractivity contribution is 0.805. The van der Waals surface area contributed by atoms with Gasteiger partial charge in [-0.15, -0.1) is 0 Å². The highest BCUT2D eigenvalue weighted by atomic mass is 15.0. The summed E-state index contributed by atoms with van der Waals surface area (Å²) in [6, 6.07) is 1.89. The van der Waals surface area contributed by atoms with Crippen molar-refractivity contribution in [2.75, 3.05) is 5.73 Å². The third-order valence-electron chi connectivity index (χ3n) is 1.62. The van der Waals surface area contributed by atoms with Gasteiger partial charge in [0.15, 0.2) is 0 Å². The number of nitrogens with zero attached hydrogens (tertiary/aromatic N) is 2. The fourth-order valence-electron chi connectivity index (χ4n) is 0.940. The second kappa shape index (κ2) is 3.49. The lowest BCUT2D eigenvalue weighted by Gasteiger charge is -2.06. The van der Waals surface area contributed by atoms with Gasteiger partial charge >= 0.3 is 0 Å². The molecule has 66 valence electrons. The highest BCUT2D eigenvalue weighted by Crippen LogP contribution is 2.12. The first kappa shape index (κ1) is 8.93. The molecule has 0 fully saturated rings. The molecular formula is C8H14N4. The molecule has 1 heterocycles. The highest BCUT2D eigenvalue weighted by Gasteiger charge is 2.04. The predicted molar refractivity (Wildman–Crippen MR) is 48.4 cm³/mol. The lowest BCUT2D eigenvalue weighted by atomic mass is 10.1. The molecule has 0 spiro atoms. The molecule has 0 radical (unpaired) electrons. The summed E-state index contributed by atoms with van der Waals surface area (Å²) in [6.07, 6.45) is 0. The van der Waals surface area contributed by atoms with Gasteiger partial charge in [0.25, 0.3) is 0 Å². The Kier molecular flexibility index (Phi) is 2.60. The summed E-state index contributed by atoms with van der Waals surface area (Å²) in [5, 5.41) is 0. The molecule has 0 aliphatic heterocycles. The van der Waals surface area contributed by atoms with Gasteiger partial charge in [0.1, 0.15) is 0 Å². The second-order valence-corrected chi connectivity index (χ2v) is 3.00. The van der Waals surface area contributed by atoms with Crippen molar-refractivity contribution in [3.05, 3.63) is 17.5 Å². The number of hydrogen-bond donors (Lipinski definition) is 2. The third kappa shape index (κ3) is 1.92. The standard InChI is InChI=1S/C8H14N4/c1-5(2)7-3-6(4-9)11-8(10)12-7/h3,5H,4,9H2,1-2H3,(H2,10,11,12). The van der Waals surface area contributed by atoms with E-state index < -0.39 is 0 Å². The predicted octanol–water partition coefficient (Wildman–Crippen LogP) is 0.641. The molecule has 4 nitrogen and oxygen atoms in total. The zero-order valence-corrected chi connectivity index (χ0v) is 7.41. The van der Waals surface area contributed by atoms with Crippen LogP contribution in [-0.2, 0) is 6.54 Å². The van der Waals surface area contributed by atoms with Crippen LogP contribution in [0, 0.1) is 0 Å². The van der Waals surface area contributed by atoms with E-state index in [0.29, 0.717) is 18.4 Å². The average Bonchev–Trinajstić information content (AvgIpc) is 2.03. The van der Waals surface area contributed by atoms with E-state index in [2.05, 4.69) is 23.8 Å². The van der Waals surface area contributed by atoms with Gasteiger partial charge in [-0.05, 0) is 12.0 Å². The highest BCUT2D eigenvalue weighted by molar-refractivity contribution is 5.23. The summed E-state index contributed by atoms with van der Waals surface area (Å²) >= 11 is 0. The Balaban J connectivity index is 3.06. The first-order valence-electron chi connectivity index (χ1n) is 3.97. The summed E-state index contributed by atoms with van der Waals surface area (Å²) in [5.74, 6) is 0.669. The van der Waals surface area contributed by atoms with Crippen LogP contribution >= 0.6 is 0 Å². The SMILES string of the molecule is CC(C)c1cc(CN)nc(N)n1. The Hall–Kier alpha value is -1.16. The molecule has 0 aliphatic rings. The van der Waals surface area contributed by atoms with Crippen LogP contribution in [-0.4, -0.2) is 9.97 Å². The quantitative estimate of drug-likeness (QED) is 0.675. The molecular weight excluding hydrogens is 152 g/mol. The van der Waals surface area contributed by atoms with Gasteiger partial charge in [-0.25, -0.2) is 9.97 Å². The molecule has 1 aromatic heterocycles. The van der Waals surface area contributed by atoms with Crippen LogP contribution in [0.5, 0.6) is 0 Å². The number of anilines is 1. The molecule has 4 heteroatoms. The van der Waals surface area contributed by atoms with E-state index in [1.165, 1.54) is 0 Å². The fourth-order valence-corrected chi connectivity index (χ4v) is 0.940. The molecule has 0 saturated heterocycles. The minimum atomic E-state index is 0.307. The van der Waals surface area contributed by atoms with Crippen molar-refractivity contribution in [1.29, 1.82) is 0 Å². The van der Waals surface area contributed by atoms with Crippen molar-refractivity contribution in [3.63, 3.8) is 0 Å². The van der Waals surface area contributed by atoms with Gasteiger partial charge in [0.2, 0.25) is 5.95 Å². The topological polar surface area (TPSA) is 77.8 Å².